The summed E-state index contributed by atoms with van der Waals surface area (Å²) in [6.45, 7) is 1.44. The second-order valence-corrected chi connectivity index (χ2v) is 6.93. The molecular formula is C20H16FN5OS. The number of nitrogens with zero attached hydrogens (tertiary/aromatic N) is 4. The Morgan fingerprint density at radius 3 is 2.50 bits per heavy atom. The zero-order valence-corrected chi connectivity index (χ0v) is 15.8. The second kappa shape index (κ2) is 8.59. The maximum atomic E-state index is 13.4. The Labute approximate surface area is 165 Å². The van der Waals surface area contributed by atoms with Gasteiger partial charge < -0.3 is 5.41 Å². The van der Waals surface area contributed by atoms with Crippen molar-refractivity contribution in [1.29, 1.82) is 10.7 Å². The van der Waals surface area contributed by atoms with Crippen LogP contribution in [0.3, 0.4) is 0 Å². The van der Waals surface area contributed by atoms with Crippen LogP contribution in [0.1, 0.15) is 6.92 Å². The van der Waals surface area contributed by atoms with Gasteiger partial charge in [-0.3, -0.25) is 9.36 Å². The van der Waals surface area contributed by atoms with E-state index in [-0.39, 0.29) is 23.1 Å². The predicted octanol–water partition coefficient (Wildman–Crippen LogP) is 3.91. The quantitative estimate of drug-likeness (QED) is 0.485. The Bertz CT molecular complexity index is 1040. The topological polar surface area (TPSA) is 95.4 Å². The van der Waals surface area contributed by atoms with E-state index in [0.29, 0.717) is 16.7 Å². The number of rotatable bonds is 7. The minimum absolute atomic E-state index is 0.0121. The molecule has 1 unspecified atom stereocenters. The first-order valence-corrected chi connectivity index (χ1v) is 9.36. The average Bonchev–Trinajstić information content (AvgIpc) is 3.12. The maximum absolute atomic E-state index is 13.4. The van der Waals surface area contributed by atoms with Gasteiger partial charge in [-0.05, 0) is 31.2 Å². The van der Waals surface area contributed by atoms with Crippen LogP contribution in [-0.4, -0.2) is 32.0 Å². The molecule has 0 bridgehead atoms. The van der Waals surface area contributed by atoms with Crippen molar-refractivity contribution in [2.45, 2.75) is 12.1 Å². The van der Waals surface area contributed by atoms with Gasteiger partial charge >= 0.3 is 0 Å². The molecule has 0 spiro atoms. The molecule has 0 amide bonds. The van der Waals surface area contributed by atoms with E-state index >= 15 is 0 Å². The average molecular weight is 393 g/mol. The van der Waals surface area contributed by atoms with Crippen LogP contribution in [0.2, 0.25) is 0 Å². The van der Waals surface area contributed by atoms with Crippen molar-refractivity contribution in [2.75, 3.05) is 5.75 Å². The fourth-order valence-electron chi connectivity index (χ4n) is 2.59. The Balaban J connectivity index is 1.97. The number of aromatic nitrogens is 3. The third-order valence-electron chi connectivity index (χ3n) is 3.98. The van der Waals surface area contributed by atoms with Gasteiger partial charge in [0.25, 0.3) is 0 Å². The first kappa shape index (κ1) is 19.5. The fourth-order valence-corrected chi connectivity index (χ4v) is 3.45. The molecule has 0 aliphatic carbocycles. The molecule has 28 heavy (non-hydrogen) atoms. The van der Waals surface area contributed by atoms with E-state index in [4.69, 9.17) is 10.7 Å². The number of carbonyl (C=O) groups excluding carboxylic acids is 1. The van der Waals surface area contributed by atoms with E-state index in [2.05, 4.69) is 10.2 Å². The van der Waals surface area contributed by atoms with Gasteiger partial charge in [-0.15, -0.1) is 10.2 Å². The van der Waals surface area contributed by atoms with Crippen LogP contribution in [0.5, 0.6) is 0 Å². The molecule has 0 saturated heterocycles. The SMILES string of the molecule is CC(=N)C(C#N)C(=O)CSc1nnc(-c2ccccc2)n1-c1ccc(F)cc1. The summed E-state index contributed by atoms with van der Waals surface area (Å²) in [5.41, 5.74) is 1.49. The van der Waals surface area contributed by atoms with E-state index in [1.54, 1.807) is 16.7 Å². The molecule has 140 valence electrons. The molecule has 6 nitrogen and oxygen atoms in total. The molecule has 0 aliphatic heterocycles. The molecule has 0 saturated carbocycles. The standard InChI is InChI=1S/C20H16FN5OS/c1-13(23)17(11-22)18(27)12-28-20-25-24-19(14-5-3-2-4-6-14)26(20)16-9-7-15(21)8-10-16/h2-10,17,23H,12H2,1H3. The molecule has 2 aromatic carbocycles. The summed E-state index contributed by atoms with van der Waals surface area (Å²) in [5.74, 6) is -1.26. The molecule has 0 aliphatic rings. The molecule has 3 rings (SSSR count). The summed E-state index contributed by atoms with van der Waals surface area (Å²) in [6, 6.07) is 17.1. The lowest BCUT2D eigenvalue weighted by atomic mass is 10.0. The monoisotopic (exact) mass is 393 g/mol. The second-order valence-electron chi connectivity index (χ2n) is 5.98. The van der Waals surface area contributed by atoms with E-state index in [1.165, 1.54) is 19.1 Å². The van der Waals surface area contributed by atoms with Crippen LogP contribution in [0.4, 0.5) is 4.39 Å². The summed E-state index contributed by atoms with van der Waals surface area (Å²) in [4.78, 5) is 12.3. The molecule has 0 radical (unpaired) electrons. The lowest BCUT2D eigenvalue weighted by molar-refractivity contribution is -0.117. The van der Waals surface area contributed by atoms with Gasteiger partial charge in [0.15, 0.2) is 16.8 Å². The summed E-state index contributed by atoms with van der Waals surface area (Å²) in [6.07, 6.45) is 0. The zero-order chi connectivity index (χ0) is 20.1. The van der Waals surface area contributed by atoms with Crippen molar-refractivity contribution in [2.24, 2.45) is 5.92 Å². The van der Waals surface area contributed by atoms with Gasteiger partial charge in [-0.1, -0.05) is 42.1 Å². The van der Waals surface area contributed by atoms with Crippen LogP contribution in [0.15, 0.2) is 59.8 Å². The molecular weight excluding hydrogens is 377 g/mol. The Hall–Kier alpha value is -3.31. The van der Waals surface area contributed by atoms with E-state index in [9.17, 15) is 9.18 Å². The highest BCUT2D eigenvalue weighted by Gasteiger charge is 2.22. The van der Waals surface area contributed by atoms with E-state index in [1.807, 2.05) is 36.4 Å². The van der Waals surface area contributed by atoms with Crippen molar-refractivity contribution in [3.63, 3.8) is 0 Å². The summed E-state index contributed by atoms with van der Waals surface area (Å²) in [7, 11) is 0. The highest BCUT2D eigenvalue weighted by atomic mass is 32.2. The number of benzene rings is 2. The number of thioether (sulfide) groups is 1. The largest absolute Gasteiger partial charge is 0.308 e. The maximum Gasteiger partial charge on any atom is 0.196 e. The molecule has 1 aromatic heterocycles. The van der Waals surface area contributed by atoms with Gasteiger partial charge in [0.1, 0.15) is 11.7 Å². The predicted molar refractivity (Wildman–Crippen MR) is 105 cm³/mol. The molecule has 0 fully saturated rings. The minimum atomic E-state index is -1.07. The smallest absolute Gasteiger partial charge is 0.196 e. The zero-order valence-electron chi connectivity index (χ0n) is 15.0. The number of carbonyl (C=O) groups is 1. The number of hydrogen-bond acceptors (Lipinski definition) is 6. The molecule has 1 N–H and O–H groups in total. The van der Waals surface area contributed by atoms with Gasteiger partial charge in [-0.25, -0.2) is 4.39 Å². The Morgan fingerprint density at radius 2 is 1.89 bits per heavy atom. The minimum Gasteiger partial charge on any atom is -0.308 e. The number of Topliss-reactive ketones (excluding diaryl/α,β-unsaturated/α-hetero) is 1. The molecule has 8 heteroatoms. The van der Waals surface area contributed by atoms with Crippen LogP contribution in [-0.2, 0) is 4.79 Å². The van der Waals surface area contributed by atoms with Crippen LogP contribution in [0.25, 0.3) is 17.1 Å². The summed E-state index contributed by atoms with van der Waals surface area (Å²) >= 11 is 1.13. The van der Waals surface area contributed by atoms with Gasteiger partial charge in [0, 0.05) is 17.0 Å². The number of nitriles is 1. The van der Waals surface area contributed by atoms with Gasteiger partial charge in [-0.2, -0.15) is 5.26 Å². The number of halogens is 1. The lowest BCUT2D eigenvalue weighted by Crippen LogP contribution is -2.21. The molecule has 3 aromatic rings. The van der Waals surface area contributed by atoms with Crippen molar-refractivity contribution in [3.05, 3.63) is 60.4 Å². The fraction of sp³-hybridized carbons (Fsp3) is 0.150. The molecule has 1 atom stereocenters. The highest BCUT2D eigenvalue weighted by Crippen LogP contribution is 2.28. The number of ketones is 1. The Kier molecular flexibility index (Phi) is 5.96. The third kappa shape index (κ3) is 4.15. The van der Waals surface area contributed by atoms with Gasteiger partial charge in [0.05, 0.1) is 11.8 Å². The Morgan fingerprint density at radius 1 is 1.21 bits per heavy atom. The highest BCUT2D eigenvalue weighted by molar-refractivity contribution is 7.99. The lowest BCUT2D eigenvalue weighted by Gasteiger charge is -2.11. The normalized spacial score (nSPS) is 11.6. The third-order valence-corrected chi connectivity index (χ3v) is 4.93. The van der Waals surface area contributed by atoms with Gasteiger partial charge in [0.2, 0.25) is 0 Å². The van der Waals surface area contributed by atoms with E-state index < -0.39 is 5.92 Å². The first-order valence-electron chi connectivity index (χ1n) is 8.38. The van der Waals surface area contributed by atoms with E-state index in [0.717, 1.165) is 17.3 Å². The van der Waals surface area contributed by atoms with Crippen LogP contribution in [0, 0.1) is 28.5 Å². The van der Waals surface area contributed by atoms with Crippen molar-refractivity contribution in [1.82, 2.24) is 14.8 Å². The first-order chi connectivity index (χ1) is 13.5. The molecule has 1 heterocycles. The summed E-state index contributed by atoms with van der Waals surface area (Å²) in [5, 5.41) is 25.5. The number of hydrogen-bond donors (Lipinski definition) is 1. The number of nitrogens with one attached hydrogen (secondary N) is 1. The van der Waals surface area contributed by atoms with Crippen LogP contribution < -0.4 is 0 Å². The van der Waals surface area contributed by atoms with Crippen molar-refractivity contribution in [3.8, 4) is 23.1 Å². The van der Waals surface area contributed by atoms with Crippen LogP contribution >= 0.6 is 11.8 Å². The summed E-state index contributed by atoms with van der Waals surface area (Å²) < 4.78 is 15.1. The van der Waals surface area contributed by atoms with Crippen molar-refractivity contribution >= 4 is 23.3 Å². The van der Waals surface area contributed by atoms with Crippen molar-refractivity contribution < 1.29 is 9.18 Å².